The zero-order valence-corrected chi connectivity index (χ0v) is 12.5. The maximum absolute atomic E-state index is 12.4. The third-order valence-electron chi connectivity index (χ3n) is 4.11. The molecule has 6 heteroatoms. The summed E-state index contributed by atoms with van der Waals surface area (Å²) in [5.74, 6) is -0.137. The zero-order valence-electron chi connectivity index (χ0n) is 12.5. The van der Waals surface area contributed by atoms with E-state index >= 15 is 0 Å². The smallest absolute Gasteiger partial charge is 0.252 e. The molecule has 0 aliphatic carbocycles. The van der Waals surface area contributed by atoms with Crippen LogP contribution < -0.4 is 11.1 Å². The predicted molar refractivity (Wildman–Crippen MR) is 81.5 cm³/mol. The standard InChI is InChI=1S/C15H22N4O2/c1-11-3-5-12(6-4-11)13(20)17-15(14(16)18-21)7-9-19(2)10-8-15/h3-6,21H,7-10H2,1-2H3,(H2,16,18)(H,17,20). The molecule has 0 spiro atoms. The number of piperidine rings is 1. The van der Waals surface area contributed by atoms with Crippen molar-refractivity contribution in [1.82, 2.24) is 10.2 Å². The first-order valence-electron chi connectivity index (χ1n) is 7.02. The second-order valence-corrected chi connectivity index (χ2v) is 5.69. The molecule has 1 fully saturated rings. The van der Waals surface area contributed by atoms with Gasteiger partial charge in [0.25, 0.3) is 5.91 Å². The average molecular weight is 290 g/mol. The first kappa shape index (κ1) is 15.3. The van der Waals surface area contributed by atoms with Crippen molar-refractivity contribution in [3.8, 4) is 0 Å². The van der Waals surface area contributed by atoms with Crippen molar-refractivity contribution in [3.63, 3.8) is 0 Å². The molecule has 2 rings (SSSR count). The van der Waals surface area contributed by atoms with Crippen LogP contribution in [0.2, 0.25) is 0 Å². The minimum Gasteiger partial charge on any atom is -0.409 e. The summed E-state index contributed by atoms with van der Waals surface area (Å²) in [6, 6.07) is 7.33. The van der Waals surface area contributed by atoms with Crippen molar-refractivity contribution in [1.29, 1.82) is 0 Å². The Labute approximate surface area is 124 Å². The Morgan fingerprint density at radius 3 is 2.43 bits per heavy atom. The van der Waals surface area contributed by atoms with Crippen LogP contribution in [-0.2, 0) is 0 Å². The van der Waals surface area contributed by atoms with Crippen LogP contribution in [0.3, 0.4) is 0 Å². The minimum atomic E-state index is -0.775. The Bertz CT molecular complexity index is 531. The van der Waals surface area contributed by atoms with E-state index in [9.17, 15) is 4.79 Å². The third-order valence-corrected chi connectivity index (χ3v) is 4.11. The lowest BCUT2D eigenvalue weighted by Crippen LogP contribution is -2.62. The van der Waals surface area contributed by atoms with E-state index in [0.29, 0.717) is 18.4 Å². The van der Waals surface area contributed by atoms with Gasteiger partial charge in [0.15, 0.2) is 5.84 Å². The quantitative estimate of drug-likeness (QED) is 0.334. The van der Waals surface area contributed by atoms with Gasteiger partial charge in [0.2, 0.25) is 0 Å². The van der Waals surface area contributed by atoms with E-state index < -0.39 is 5.54 Å². The van der Waals surface area contributed by atoms with Gasteiger partial charge >= 0.3 is 0 Å². The molecule has 1 saturated heterocycles. The van der Waals surface area contributed by atoms with Crippen LogP contribution in [0.4, 0.5) is 0 Å². The molecule has 1 amide bonds. The molecule has 0 unspecified atom stereocenters. The number of oxime groups is 1. The van der Waals surface area contributed by atoms with Crippen molar-refractivity contribution in [2.75, 3.05) is 20.1 Å². The highest BCUT2D eigenvalue weighted by Crippen LogP contribution is 2.22. The second kappa shape index (κ2) is 6.13. The number of likely N-dealkylation sites (tertiary alicyclic amines) is 1. The van der Waals surface area contributed by atoms with Crippen LogP contribution in [0.5, 0.6) is 0 Å². The number of hydrogen-bond acceptors (Lipinski definition) is 4. The summed E-state index contributed by atoms with van der Waals surface area (Å²) in [5, 5.41) is 15.1. The molecule has 114 valence electrons. The average Bonchev–Trinajstić information content (AvgIpc) is 2.49. The van der Waals surface area contributed by atoms with Crippen LogP contribution in [-0.4, -0.2) is 47.5 Å². The van der Waals surface area contributed by atoms with Gasteiger partial charge in [-0.3, -0.25) is 4.79 Å². The number of amides is 1. The fraction of sp³-hybridized carbons (Fsp3) is 0.467. The Balaban J connectivity index is 2.19. The minimum absolute atomic E-state index is 0.0658. The summed E-state index contributed by atoms with van der Waals surface area (Å²) < 4.78 is 0. The SMILES string of the molecule is Cc1ccc(C(=O)NC2(/C(N)=N/O)CCN(C)CC2)cc1. The van der Waals surface area contributed by atoms with Crippen molar-refractivity contribution in [3.05, 3.63) is 35.4 Å². The summed E-state index contributed by atoms with van der Waals surface area (Å²) in [6.07, 6.45) is 1.24. The van der Waals surface area contributed by atoms with Crippen LogP contribution in [0.15, 0.2) is 29.4 Å². The van der Waals surface area contributed by atoms with Crippen molar-refractivity contribution in [2.45, 2.75) is 25.3 Å². The number of nitrogens with zero attached hydrogens (tertiary/aromatic N) is 2. The number of amidine groups is 1. The monoisotopic (exact) mass is 290 g/mol. The van der Waals surface area contributed by atoms with Gasteiger partial charge in [0.1, 0.15) is 5.54 Å². The number of aryl methyl sites for hydroxylation is 1. The van der Waals surface area contributed by atoms with Crippen LogP contribution in [0.1, 0.15) is 28.8 Å². The largest absolute Gasteiger partial charge is 0.409 e. The molecule has 1 aliphatic heterocycles. The lowest BCUT2D eigenvalue weighted by molar-refractivity contribution is 0.0886. The number of carbonyl (C=O) groups is 1. The highest BCUT2D eigenvalue weighted by molar-refractivity contribution is 6.00. The van der Waals surface area contributed by atoms with Gasteiger partial charge in [-0.15, -0.1) is 0 Å². The Hall–Kier alpha value is -2.08. The van der Waals surface area contributed by atoms with Gasteiger partial charge < -0.3 is 21.2 Å². The molecule has 6 nitrogen and oxygen atoms in total. The molecule has 0 atom stereocenters. The fourth-order valence-corrected chi connectivity index (χ4v) is 2.54. The van der Waals surface area contributed by atoms with E-state index in [1.54, 1.807) is 12.1 Å². The van der Waals surface area contributed by atoms with Gasteiger partial charge in [-0.25, -0.2) is 0 Å². The van der Waals surface area contributed by atoms with Gasteiger partial charge in [0, 0.05) is 18.7 Å². The Morgan fingerprint density at radius 2 is 1.90 bits per heavy atom. The van der Waals surface area contributed by atoms with E-state index in [4.69, 9.17) is 10.9 Å². The summed E-state index contributed by atoms with van der Waals surface area (Å²) in [4.78, 5) is 14.6. The van der Waals surface area contributed by atoms with E-state index in [1.165, 1.54) is 0 Å². The molecule has 0 radical (unpaired) electrons. The number of nitrogens with two attached hydrogens (primary N) is 1. The molecule has 1 aromatic rings. The Kier molecular flexibility index (Phi) is 4.47. The van der Waals surface area contributed by atoms with E-state index in [0.717, 1.165) is 18.7 Å². The predicted octanol–water partition coefficient (Wildman–Crippen LogP) is 0.936. The third kappa shape index (κ3) is 3.33. The topological polar surface area (TPSA) is 91.0 Å². The normalized spacial score (nSPS) is 19.2. The highest BCUT2D eigenvalue weighted by atomic mass is 16.4. The summed E-state index contributed by atoms with van der Waals surface area (Å²) >= 11 is 0. The summed E-state index contributed by atoms with van der Waals surface area (Å²) in [7, 11) is 2.01. The van der Waals surface area contributed by atoms with E-state index in [2.05, 4.69) is 15.4 Å². The molecular formula is C15H22N4O2. The zero-order chi connectivity index (χ0) is 15.5. The molecule has 1 heterocycles. The van der Waals surface area contributed by atoms with Crippen LogP contribution in [0, 0.1) is 6.92 Å². The highest BCUT2D eigenvalue weighted by Gasteiger charge is 2.39. The first-order valence-corrected chi connectivity index (χ1v) is 7.02. The molecule has 0 bridgehead atoms. The first-order chi connectivity index (χ1) is 9.97. The lowest BCUT2D eigenvalue weighted by Gasteiger charge is -2.40. The molecule has 1 aromatic carbocycles. The molecular weight excluding hydrogens is 268 g/mol. The fourth-order valence-electron chi connectivity index (χ4n) is 2.54. The van der Waals surface area contributed by atoms with Crippen molar-refractivity contribution < 1.29 is 10.0 Å². The van der Waals surface area contributed by atoms with E-state index in [-0.39, 0.29) is 11.7 Å². The number of hydrogen-bond donors (Lipinski definition) is 3. The van der Waals surface area contributed by atoms with Gasteiger partial charge in [-0.2, -0.15) is 0 Å². The number of nitrogens with one attached hydrogen (secondary N) is 1. The van der Waals surface area contributed by atoms with Crippen molar-refractivity contribution >= 4 is 11.7 Å². The second-order valence-electron chi connectivity index (χ2n) is 5.69. The summed E-state index contributed by atoms with van der Waals surface area (Å²) in [6.45, 7) is 3.53. The van der Waals surface area contributed by atoms with Crippen molar-refractivity contribution in [2.24, 2.45) is 10.9 Å². The molecule has 4 N–H and O–H groups in total. The summed E-state index contributed by atoms with van der Waals surface area (Å²) in [5.41, 5.74) is 6.74. The molecule has 0 saturated carbocycles. The lowest BCUT2D eigenvalue weighted by atomic mass is 9.86. The molecule has 21 heavy (non-hydrogen) atoms. The maximum atomic E-state index is 12.4. The molecule has 1 aliphatic rings. The number of rotatable bonds is 3. The van der Waals surface area contributed by atoms with Crippen LogP contribution in [0.25, 0.3) is 0 Å². The van der Waals surface area contributed by atoms with Gasteiger partial charge in [-0.1, -0.05) is 22.9 Å². The Morgan fingerprint density at radius 1 is 1.33 bits per heavy atom. The van der Waals surface area contributed by atoms with Gasteiger partial charge in [-0.05, 0) is 38.9 Å². The van der Waals surface area contributed by atoms with Crippen LogP contribution >= 0.6 is 0 Å². The number of benzene rings is 1. The molecule has 0 aromatic heterocycles. The van der Waals surface area contributed by atoms with Gasteiger partial charge in [0.05, 0.1) is 0 Å². The number of carbonyl (C=O) groups excluding carboxylic acids is 1. The maximum Gasteiger partial charge on any atom is 0.252 e. The van der Waals surface area contributed by atoms with E-state index in [1.807, 2.05) is 26.1 Å².